The maximum Gasteiger partial charge on any atom is 0.252 e. The number of hydrogen-bond acceptors (Lipinski definition) is 2. The number of aryl methyl sites for hydroxylation is 1. The highest BCUT2D eigenvalue weighted by molar-refractivity contribution is 6.30. The summed E-state index contributed by atoms with van der Waals surface area (Å²) in [4.78, 5) is 11.7. The summed E-state index contributed by atoms with van der Waals surface area (Å²) < 4.78 is 7.23. The molecule has 3 nitrogen and oxygen atoms in total. The lowest BCUT2D eigenvalue weighted by molar-refractivity contribution is 0.0956. The molecule has 1 aliphatic rings. The van der Waals surface area contributed by atoms with Crippen molar-refractivity contribution in [1.29, 1.82) is 0 Å². The highest BCUT2D eigenvalue weighted by Gasteiger charge is 2.17. The van der Waals surface area contributed by atoms with E-state index < -0.39 is 0 Å². The van der Waals surface area contributed by atoms with E-state index in [-0.39, 0.29) is 11.7 Å². The largest absolute Gasteiger partial charge is 0.376 e. The van der Waals surface area contributed by atoms with Crippen LogP contribution in [-0.2, 0) is 11.3 Å². The molecule has 0 aromatic carbocycles. The molecular weight excluding hydrogens is 214 g/mol. The third-order valence-electron chi connectivity index (χ3n) is 2.71. The van der Waals surface area contributed by atoms with Crippen molar-refractivity contribution in [2.45, 2.75) is 32.4 Å². The van der Waals surface area contributed by atoms with E-state index in [0.29, 0.717) is 11.6 Å². The summed E-state index contributed by atoms with van der Waals surface area (Å²) in [7, 11) is 0. The van der Waals surface area contributed by atoms with Gasteiger partial charge in [0.2, 0.25) is 0 Å². The monoisotopic (exact) mass is 227 g/mol. The lowest BCUT2D eigenvalue weighted by Crippen LogP contribution is -2.27. The normalized spacial score (nSPS) is 20.8. The number of pyridine rings is 1. The molecule has 1 atom stereocenters. The van der Waals surface area contributed by atoms with Crippen molar-refractivity contribution >= 4 is 11.6 Å². The molecule has 0 saturated carbocycles. The molecule has 2 heterocycles. The van der Waals surface area contributed by atoms with Crippen LogP contribution < -0.4 is 5.56 Å². The first-order chi connectivity index (χ1) is 7.16. The van der Waals surface area contributed by atoms with Crippen molar-refractivity contribution in [2.24, 2.45) is 0 Å². The molecule has 1 saturated heterocycles. The van der Waals surface area contributed by atoms with Crippen LogP contribution in [0.5, 0.6) is 0 Å². The van der Waals surface area contributed by atoms with E-state index in [4.69, 9.17) is 16.3 Å². The smallest absolute Gasteiger partial charge is 0.252 e. The van der Waals surface area contributed by atoms with Crippen molar-refractivity contribution in [2.75, 3.05) is 6.61 Å². The fourth-order valence-electron chi connectivity index (χ4n) is 1.91. The van der Waals surface area contributed by atoms with E-state index in [1.165, 1.54) is 6.07 Å². The van der Waals surface area contributed by atoms with Crippen LogP contribution in [0.1, 0.15) is 18.5 Å². The molecule has 1 aromatic heterocycles. The van der Waals surface area contributed by atoms with Gasteiger partial charge in [-0.2, -0.15) is 0 Å². The zero-order chi connectivity index (χ0) is 10.8. The molecule has 0 amide bonds. The molecule has 0 bridgehead atoms. The van der Waals surface area contributed by atoms with Gasteiger partial charge in [0, 0.05) is 23.4 Å². The van der Waals surface area contributed by atoms with Crippen molar-refractivity contribution in [3.8, 4) is 0 Å². The molecule has 0 N–H and O–H groups in total. The van der Waals surface area contributed by atoms with Gasteiger partial charge in [0.05, 0.1) is 12.6 Å². The van der Waals surface area contributed by atoms with Gasteiger partial charge in [0.25, 0.3) is 5.56 Å². The number of rotatable bonds is 2. The Kier molecular flexibility index (Phi) is 3.12. The van der Waals surface area contributed by atoms with Crippen LogP contribution in [0.15, 0.2) is 16.9 Å². The van der Waals surface area contributed by atoms with E-state index in [2.05, 4.69) is 0 Å². The van der Waals surface area contributed by atoms with Gasteiger partial charge in [0.1, 0.15) is 0 Å². The van der Waals surface area contributed by atoms with Gasteiger partial charge in [-0.05, 0) is 25.8 Å². The maximum atomic E-state index is 11.7. The SMILES string of the molecule is Cc1cc(Cl)cc(=O)n1C[C@@H]1CCCO1. The van der Waals surface area contributed by atoms with Gasteiger partial charge in [-0.3, -0.25) is 4.79 Å². The first-order valence-corrected chi connectivity index (χ1v) is 5.53. The summed E-state index contributed by atoms with van der Waals surface area (Å²) in [6, 6.07) is 3.25. The Bertz CT molecular complexity index is 408. The van der Waals surface area contributed by atoms with Crippen LogP contribution in [0.2, 0.25) is 5.02 Å². The van der Waals surface area contributed by atoms with Crippen LogP contribution in [0.3, 0.4) is 0 Å². The number of nitrogens with zero attached hydrogens (tertiary/aromatic N) is 1. The number of aromatic nitrogens is 1. The van der Waals surface area contributed by atoms with Crippen LogP contribution in [-0.4, -0.2) is 17.3 Å². The zero-order valence-corrected chi connectivity index (χ0v) is 9.46. The molecular formula is C11H14ClNO2. The summed E-state index contributed by atoms with van der Waals surface area (Å²) >= 11 is 5.79. The van der Waals surface area contributed by atoms with Gasteiger partial charge in [0.15, 0.2) is 0 Å². The van der Waals surface area contributed by atoms with Crippen LogP contribution in [0.25, 0.3) is 0 Å². The Balaban J connectivity index is 2.23. The van der Waals surface area contributed by atoms with E-state index >= 15 is 0 Å². The molecule has 15 heavy (non-hydrogen) atoms. The van der Waals surface area contributed by atoms with Gasteiger partial charge in [-0.15, -0.1) is 0 Å². The predicted octanol–water partition coefficient (Wildman–Crippen LogP) is 1.99. The lowest BCUT2D eigenvalue weighted by atomic mass is 10.2. The molecule has 1 aromatic rings. The Hall–Kier alpha value is -0.800. The van der Waals surface area contributed by atoms with Crippen molar-refractivity contribution in [3.63, 3.8) is 0 Å². The standard InChI is InChI=1S/C11H14ClNO2/c1-8-5-9(12)6-11(14)13(8)7-10-3-2-4-15-10/h5-6,10H,2-4,7H2,1H3/t10-/m0/s1. The first-order valence-electron chi connectivity index (χ1n) is 5.15. The zero-order valence-electron chi connectivity index (χ0n) is 8.70. The minimum Gasteiger partial charge on any atom is -0.376 e. The van der Waals surface area contributed by atoms with Gasteiger partial charge in [-0.1, -0.05) is 11.6 Å². The molecule has 0 aliphatic carbocycles. The molecule has 0 radical (unpaired) electrons. The Morgan fingerprint density at radius 1 is 1.60 bits per heavy atom. The summed E-state index contributed by atoms with van der Waals surface area (Å²) in [5.74, 6) is 0. The molecule has 4 heteroatoms. The van der Waals surface area contributed by atoms with Gasteiger partial charge >= 0.3 is 0 Å². The summed E-state index contributed by atoms with van der Waals surface area (Å²) in [5, 5.41) is 0.501. The molecule has 0 unspecified atom stereocenters. The van der Waals surface area contributed by atoms with Crippen LogP contribution in [0.4, 0.5) is 0 Å². The van der Waals surface area contributed by atoms with E-state index in [1.807, 2.05) is 6.92 Å². The van der Waals surface area contributed by atoms with Gasteiger partial charge in [-0.25, -0.2) is 0 Å². The van der Waals surface area contributed by atoms with E-state index in [0.717, 1.165) is 25.1 Å². The van der Waals surface area contributed by atoms with Crippen molar-refractivity contribution < 1.29 is 4.74 Å². The fourth-order valence-corrected chi connectivity index (χ4v) is 2.17. The Morgan fingerprint density at radius 2 is 2.40 bits per heavy atom. The number of hydrogen-bond donors (Lipinski definition) is 0. The highest BCUT2D eigenvalue weighted by Crippen LogP contribution is 2.15. The third kappa shape index (κ3) is 2.41. The minimum atomic E-state index is -0.0458. The van der Waals surface area contributed by atoms with Gasteiger partial charge < -0.3 is 9.30 Å². The van der Waals surface area contributed by atoms with Crippen molar-refractivity contribution in [1.82, 2.24) is 4.57 Å². The summed E-state index contributed by atoms with van der Waals surface area (Å²) in [6.45, 7) is 3.34. The average Bonchev–Trinajstić information content (AvgIpc) is 2.63. The van der Waals surface area contributed by atoms with Crippen LogP contribution in [0, 0.1) is 6.92 Å². The Morgan fingerprint density at radius 3 is 3.00 bits per heavy atom. The lowest BCUT2D eigenvalue weighted by Gasteiger charge is -2.14. The molecule has 1 fully saturated rings. The van der Waals surface area contributed by atoms with Crippen molar-refractivity contribution in [3.05, 3.63) is 33.2 Å². The first kappa shape index (κ1) is 10.7. The molecule has 2 rings (SSSR count). The van der Waals surface area contributed by atoms with Crippen LogP contribution >= 0.6 is 11.6 Å². The highest BCUT2D eigenvalue weighted by atomic mass is 35.5. The average molecular weight is 228 g/mol. The molecule has 1 aliphatic heterocycles. The second kappa shape index (κ2) is 4.37. The fraction of sp³-hybridized carbons (Fsp3) is 0.545. The minimum absolute atomic E-state index is 0.0458. The molecule has 0 spiro atoms. The summed E-state index contributed by atoms with van der Waals surface area (Å²) in [5.41, 5.74) is 0.846. The summed E-state index contributed by atoms with van der Waals surface area (Å²) in [6.07, 6.45) is 2.31. The van der Waals surface area contributed by atoms with E-state index in [9.17, 15) is 4.79 Å². The Labute approximate surface area is 93.6 Å². The maximum absolute atomic E-state index is 11.7. The number of ether oxygens (including phenoxy) is 1. The topological polar surface area (TPSA) is 31.2 Å². The predicted molar refractivity (Wildman–Crippen MR) is 59.4 cm³/mol. The second-order valence-corrected chi connectivity index (χ2v) is 4.34. The molecule has 82 valence electrons. The second-order valence-electron chi connectivity index (χ2n) is 3.90. The third-order valence-corrected chi connectivity index (χ3v) is 2.93. The van der Waals surface area contributed by atoms with E-state index in [1.54, 1.807) is 10.6 Å². The number of halogens is 1. The quantitative estimate of drug-likeness (QED) is 0.774.